The second-order valence-electron chi connectivity index (χ2n) is 4.64. The zero-order valence-electron chi connectivity index (χ0n) is 11.5. The number of nitrogens with zero attached hydrogens (tertiary/aromatic N) is 2. The molecule has 0 spiro atoms. The molecule has 1 aromatic carbocycles. The number of carbonyl (C=O) groups is 2. The molecule has 6 heteroatoms. The van der Waals surface area contributed by atoms with E-state index in [0.29, 0.717) is 19.5 Å². The lowest BCUT2D eigenvalue weighted by Gasteiger charge is -2.09. The summed E-state index contributed by atoms with van der Waals surface area (Å²) in [7, 11) is 0. The lowest BCUT2D eigenvalue weighted by molar-refractivity contribution is -0.136. The monoisotopic (exact) mass is 287 g/mol. The van der Waals surface area contributed by atoms with Gasteiger partial charge in [0.2, 0.25) is 5.91 Å². The van der Waals surface area contributed by atoms with Crippen molar-refractivity contribution in [2.75, 3.05) is 0 Å². The highest BCUT2D eigenvalue weighted by Crippen LogP contribution is 2.09. The van der Waals surface area contributed by atoms with E-state index in [-0.39, 0.29) is 12.3 Å². The molecule has 1 aromatic heterocycles. The molecule has 0 fully saturated rings. The number of aromatic nitrogens is 2. The largest absolute Gasteiger partial charge is 0.481 e. The van der Waals surface area contributed by atoms with Gasteiger partial charge in [0, 0.05) is 31.9 Å². The lowest BCUT2D eigenvalue weighted by Crippen LogP contribution is -2.24. The fourth-order valence-corrected chi connectivity index (χ4v) is 2.00. The van der Waals surface area contributed by atoms with Crippen molar-refractivity contribution in [3.63, 3.8) is 0 Å². The summed E-state index contributed by atoms with van der Waals surface area (Å²) < 4.78 is 1.69. The van der Waals surface area contributed by atoms with Gasteiger partial charge < -0.3 is 10.4 Å². The van der Waals surface area contributed by atoms with E-state index in [4.69, 9.17) is 5.11 Å². The first-order valence-corrected chi connectivity index (χ1v) is 6.68. The maximum absolute atomic E-state index is 11.8. The van der Waals surface area contributed by atoms with E-state index in [0.717, 1.165) is 11.1 Å². The number of carbonyl (C=O) groups excluding carboxylic acids is 1. The maximum atomic E-state index is 11.8. The highest BCUT2D eigenvalue weighted by molar-refractivity contribution is 5.76. The zero-order valence-corrected chi connectivity index (χ0v) is 11.5. The van der Waals surface area contributed by atoms with Gasteiger partial charge >= 0.3 is 5.97 Å². The first kappa shape index (κ1) is 14.8. The van der Waals surface area contributed by atoms with Gasteiger partial charge in [-0.1, -0.05) is 24.3 Å². The summed E-state index contributed by atoms with van der Waals surface area (Å²) in [6.45, 7) is 0.858. The minimum absolute atomic E-state index is 0.0423. The van der Waals surface area contributed by atoms with Crippen LogP contribution in [0.4, 0.5) is 0 Å². The van der Waals surface area contributed by atoms with Crippen LogP contribution in [0.5, 0.6) is 0 Å². The molecule has 110 valence electrons. The summed E-state index contributed by atoms with van der Waals surface area (Å²) >= 11 is 0. The van der Waals surface area contributed by atoms with Gasteiger partial charge in [0.1, 0.15) is 0 Å². The Morgan fingerprint density at radius 3 is 2.62 bits per heavy atom. The molecule has 0 radical (unpaired) electrons. The Balaban J connectivity index is 1.84. The number of hydrogen-bond donors (Lipinski definition) is 2. The third-order valence-corrected chi connectivity index (χ3v) is 3.06. The third kappa shape index (κ3) is 4.76. The highest BCUT2D eigenvalue weighted by Gasteiger charge is 2.08. The quantitative estimate of drug-likeness (QED) is 0.802. The van der Waals surface area contributed by atoms with E-state index in [2.05, 4.69) is 10.4 Å². The van der Waals surface area contributed by atoms with Gasteiger partial charge in [-0.15, -0.1) is 0 Å². The molecule has 0 bridgehead atoms. The SMILES string of the molecule is O=C(O)Cc1ccccc1CNC(=O)CCn1cccn1. The van der Waals surface area contributed by atoms with Gasteiger partial charge in [-0.25, -0.2) is 0 Å². The van der Waals surface area contributed by atoms with Gasteiger partial charge in [-0.2, -0.15) is 5.10 Å². The van der Waals surface area contributed by atoms with Crippen LogP contribution < -0.4 is 5.32 Å². The van der Waals surface area contributed by atoms with Crippen LogP contribution in [0.15, 0.2) is 42.7 Å². The number of carboxylic acid groups (broad SMARTS) is 1. The minimum atomic E-state index is -0.882. The van der Waals surface area contributed by atoms with E-state index in [1.165, 1.54) is 0 Å². The van der Waals surface area contributed by atoms with Crippen LogP contribution in [0.3, 0.4) is 0 Å². The molecule has 0 aliphatic heterocycles. The van der Waals surface area contributed by atoms with Crippen LogP contribution in [0, 0.1) is 0 Å². The molecule has 0 saturated heterocycles. The predicted octanol–water partition coefficient (Wildman–Crippen LogP) is 1.22. The lowest BCUT2D eigenvalue weighted by atomic mass is 10.0. The standard InChI is InChI=1S/C15H17N3O3/c19-14(6-9-18-8-3-7-17-18)16-11-13-5-2-1-4-12(13)10-15(20)21/h1-5,7-8H,6,9-11H2,(H,16,19)(H,20,21). The van der Waals surface area contributed by atoms with Crippen LogP contribution >= 0.6 is 0 Å². The summed E-state index contributed by atoms with van der Waals surface area (Å²) in [5.74, 6) is -0.969. The molecule has 0 aliphatic rings. The molecule has 0 saturated carbocycles. The first-order valence-electron chi connectivity index (χ1n) is 6.68. The van der Waals surface area contributed by atoms with Crippen molar-refractivity contribution in [1.82, 2.24) is 15.1 Å². The fourth-order valence-electron chi connectivity index (χ4n) is 2.00. The van der Waals surface area contributed by atoms with Crippen molar-refractivity contribution < 1.29 is 14.7 Å². The Labute approximate surface area is 122 Å². The van der Waals surface area contributed by atoms with Gasteiger partial charge in [-0.3, -0.25) is 14.3 Å². The molecule has 1 heterocycles. The summed E-state index contributed by atoms with van der Waals surface area (Å²) in [5.41, 5.74) is 1.55. The maximum Gasteiger partial charge on any atom is 0.307 e. The number of carboxylic acids is 1. The fraction of sp³-hybridized carbons (Fsp3) is 0.267. The molecule has 2 N–H and O–H groups in total. The average Bonchev–Trinajstić information content (AvgIpc) is 2.97. The summed E-state index contributed by atoms with van der Waals surface area (Å²) in [4.78, 5) is 22.6. The number of aryl methyl sites for hydroxylation is 1. The zero-order chi connectivity index (χ0) is 15.1. The molecule has 0 aliphatic carbocycles. The number of aliphatic carboxylic acids is 1. The van der Waals surface area contributed by atoms with Crippen LogP contribution in [-0.4, -0.2) is 26.8 Å². The molecule has 1 amide bonds. The highest BCUT2D eigenvalue weighted by atomic mass is 16.4. The van der Waals surface area contributed by atoms with Gasteiger partial charge in [0.25, 0.3) is 0 Å². The van der Waals surface area contributed by atoms with Gasteiger partial charge in [-0.05, 0) is 17.2 Å². The number of nitrogens with one attached hydrogen (secondary N) is 1. The second-order valence-corrected chi connectivity index (χ2v) is 4.64. The Bertz CT molecular complexity index is 608. The normalized spacial score (nSPS) is 10.3. The summed E-state index contributed by atoms with van der Waals surface area (Å²) in [6.07, 6.45) is 3.76. The Hall–Kier alpha value is -2.63. The molecule has 21 heavy (non-hydrogen) atoms. The smallest absolute Gasteiger partial charge is 0.307 e. The topological polar surface area (TPSA) is 84.2 Å². The van der Waals surface area contributed by atoms with E-state index in [9.17, 15) is 9.59 Å². The molecule has 2 rings (SSSR count). The Morgan fingerprint density at radius 2 is 1.95 bits per heavy atom. The van der Waals surface area contributed by atoms with Gasteiger partial charge in [0.15, 0.2) is 0 Å². The second kappa shape index (κ2) is 7.23. The predicted molar refractivity (Wildman–Crippen MR) is 76.5 cm³/mol. The van der Waals surface area contributed by atoms with Crippen molar-refractivity contribution in [2.24, 2.45) is 0 Å². The molecular formula is C15H17N3O3. The van der Waals surface area contributed by atoms with E-state index in [1.54, 1.807) is 35.3 Å². The Morgan fingerprint density at radius 1 is 1.19 bits per heavy atom. The summed E-state index contributed by atoms with van der Waals surface area (Å²) in [6, 6.07) is 9.02. The van der Waals surface area contributed by atoms with E-state index >= 15 is 0 Å². The van der Waals surface area contributed by atoms with Gasteiger partial charge in [0.05, 0.1) is 6.42 Å². The number of amides is 1. The summed E-state index contributed by atoms with van der Waals surface area (Å²) in [5, 5.41) is 15.7. The van der Waals surface area contributed by atoms with Crippen LogP contribution in [0.25, 0.3) is 0 Å². The van der Waals surface area contributed by atoms with Crippen LogP contribution in [0.1, 0.15) is 17.5 Å². The molecule has 0 unspecified atom stereocenters. The number of hydrogen-bond acceptors (Lipinski definition) is 3. The minimum Gasteiger partial charge on any atom is -0.481 e. The van der Waals surface area contributed by atoms with Crippen molar-refractivity contribution in [3.8, 4) is 0 Å². The first-order chi connectivity index (χ1) is 10.1. The van der Waals surface area contributed by atoms with E-state index < -0.39 is 5.97 Å². The van der Waals surface area contributed by atoms with Crippen molar-refractivity contribution in [1.29, 1.82) is 0 Å². The van der Waals surface area contributed by atoms with Crippen molar-refractivity contribution in [3.05, 3.63) is 53.9 Å². The van der Waals surface area contributed by atoms with Crippen molar-refractivity contribution >= 4 is 11.9 Å². The number of rotatable bonds is 7. The molecule has 6 nitrogen and oxygen atoms in total. The molecule has 2 aromatic rings. The van der Waals surface area contributed by atoms with Crippen LogP contribution in [-0.2, 0) is 29.1 Å². The van der Waals surface area contributed by atoms with Crippen molar-refractivity contribution in [2.45, 2.75) is 25.9 Å². The Kier molecular flexibility index (Phi) is 5.09. The van der Waals surface area contributed by atoms with E-state index in [1.807, 2.05) is 12.1 Å². The number of benzene rings is 1. The molecule has 0 atom stereocenters. The molecular weight excluding hydrogens is 270 g/mol. The van der Waals surface area contributed by atoms with Crippen LogP contribution in [0.2, 0.25) is 0 Å². The average molecular weight is 287 g/mol. The third-order valence-electron chi connectivity index (χ3n) is 3.06.